The summed E-state index contributed by atoms with van der Waals surface area (Å²) in [6, 6.07) is 19.7. The van der Waals surface area contributed by atoms with Gasteiger partial charge in [-0.3, -0.25) is 4.90 Å². The second-order valence-electron chi connectivity index (χ2n) is 8.10. The number of halogens is 1. The number of allylic oxidation sites excluding steroid dienone is 1. The van der Waals surface area contributed by atoms with Crippen LogP contribution in [0, 0.1) is 5.82 Å². The number of urea groups is 1. The normalized spacial score (nSPS) is 17.0. The van der Waals surface area contributed by atoms with Crippen molar-refractivity contribution in [3.8, 4) is 22.9 Å². The predicted molar refractivity (Wildman–Crippen MR) is 125 cm³/mol. The molecule has 0 spiro atoms. The monoisotopic (exact) mass is 470 g/mol. The summed E-state index contributed by atoms with van der Waals surface area (Å²) in [7, 11) is 0. The highest BCUT2D eigenvalue weighted by Crippen LogP contribution is 2.42. The molecule has 35 heavy (non-hydrogen) atoms. The number of hydrogen-bond acceptors (Lipinski definition) is 6. The number of nitrogens with one attached hydrogen (secondary N) is 1. The third-order valence-electron chi connectivity index (χ3n) is 5.99. The van der Waals surface area contributed by atoms with Crippen molar-refractivity contribution < 1.29 is 23.2 Å². The quantitative estimate of drug-likeness (QED) is 0.435. The molecule has 4 aromatic rings. The first-order valence-electron chi connectivity index (χ1n) is 10.9. The maximum atomic E-state index is 13.6. The number of nitrogens with zero attached hydrogens (tertiary/aromatic N) is 3. The molecule has 0 bridgehead atoms. The lowest BCUT2D eigenvalue weighted by molar-refractivity contribution is 0.174. The summed E-state index contributed by atoms with van der Waals surface area (Å²) in [5.74, 6) is 1.46. The zero-order chi connectivity index (χ0) is 23.9. The van der Waals surface area contributed by atoms with Crippen LogP contribution < -0.4 is 19.7 Å². The van der Waals surface area contributed by atoms with Crippen molar-refractivity contribution in [1.82, 2.24) is 15.5 Å². The summed E-state index contributed by atoms with van der Waals surface area (Å²) in [6.07, 6.45) is 0. The zero-order valence-electron chi connectivity index (χ0n) is 18.6. The first-order valence-corrected chi connectivity index (χ1v) is 10.9. The van der Waals surface area contributed by atoms with Crippen LogP contribution in [0.2, 0.25) is 0 Å². The SMILES string of the molecule is CC1=C(c2nc(-c3ccccc3)no2)C(c2ccc(F)cc2)NC(=O)N1c1ccc2c(c1)OCO2. The Morgan fingerprint density at radius 1 is 1.00 bits per heavy atom. The van der Waals surface area contributed by atoms with E-state index in [1.165, 1.54) is 17.0 Å². The number of aromatic nitrogens is 2. The molecule has 0 fully saturated rings. The van der Waals surface area contributed by atoms with Crippen LogP contribution in [0.25, 0.3) is 17.0 Å². The molecule has 8 nitrogen and oxygen atoms in total. The highest BCUT2D eigenvalue weighted by molar-refractivity contribution is 6.01. The van der Waals surface area contributed by atoms with E-state index < -0.39 is 6.04 Å². The van der Waals surface area contributed by atoms with Gasteiger partial charge in [-0.2, -0.15) is 4.98 Å². The van der Waals surface area contributed by atoms with Gasteiger partial charge in [-0.25, -0.2) is 9.18 Å². The van der Waals surface area contributed by atoms with Gasteiger partial charge < -0.3 is 19.3 Å². The largest absolute Gasteiger partial charge is 0.454 e. The van der Waals surface area contributed by atoms with Gasteiger partial charge in [0.05, 0.1) is 17.3 Å². The third-order valence-corrected chi connectivity index (χ3v) is 5.99. The second kappa shape index (κ2) is 8.28. The van der Waals surface area contributed by atoms with E-state index in [0.29, 0.717) is 39.8 Å². The van der Waals surface area contributed by atoms with Crippen molar-refractivity contribution in [2.45, 2.75) is 13.0 Å². The van der Waals surface area contributed by atoms with Crippen LogP contribution in [0.4, 0.5) is 14.9 Å². The average Bonchev–Trinajstić information content (AvgIpc) is 3.54. The van der Waals surface area contributed by atoms with E-state index in [0.717, 1.165) is 5.56 Å². The van der Waals surface area contributed by atoms with Crippen LogP contribution in [0.15, 0.2) is 83.0 Å². The highest BCUT2D eigenvalue weighted by Gasteiger charge is 2.37. The molecule has 6 rings (SSSR count). The third kappa shape index (κ3) is 3.67. The van der Waals surface area contributed by atoms with Crippen molar-refractivity contribution in [3.05, 3.63) is 95.8 Å². The van der Waals surface area contributed by atoms with Crippen LogP contribution in [0.3, 0.4) is 0 Å². The summed E-state index contributed by atoms with van der Waals surface area (Å²) in [4.78, 5) is 19.5. The Morgan fingerprint density at radius 2 is 1.77 bits per heavy atom. The van der Waals surface area contributed by atoms with Gasteiger partial charge in [-0.05, 0) is 36.8 Å². The van der Waals surface area contributed by atoms with E-state index in [-0.39, 0.29) is 24.5 Å². The molecule has 0 aliphatic carbocycles. The molecule has 1 unspecified atom stereocenters. The number of benzene rings is 3. The first kappa shape index (κ1) is 20.9. The standard InChI is InChI=1S/C26H19FN4O4/c1-15-22(25-29-24(30-35-25)17-5-3-2-4-6-17)23(16-7-9-18(27)10-8-16)28-26(32)31(15)19-11-12-20-21(13-19)34-14-33-20/h2-13,23H,14H2,1H3,(H,28,32). The summed E-state index contributed by atoms with van der Waals surface area (Å²) in [5, 5.41) is 7.16. The Kier molecular flexibility index (Phi) is 4.95. The van der Waals surface area contributed by atoms with E-state index in [4.69, 9.17) is 14.0 Å². The molecule has 1 aromatic heterocycles. The van der Waals surface area contributed by atoms with Gasteiger partial charge in [0.1, 0.15) is 5.82 Å². The van der Waals surface area contributed by atoms with Gasteiger partial charge >= 0.3 is 6.03 Å². The number of rotatable bonds is 4. The van der Waals surface area contributed by atoms with E-state index in [1.807, 2.05) is 37.3 Å². The topological polar surface area (TPSA) is 89.7 Å². The molecular formula is C26H19FN4O4. The molecule has 1 N–H and O–H groups in total. The summed E-state index contributed by atoms with van der Waals surface area (Å²) < 4.78 is 30.2. The van der Waals surface area contributed by atoms with Crippen LogP contribution in [-0.2, 0) is 0 Å². The van der Waals surface area contributed by atoms with Gasteiger partial charge in [-0.15, -0.1) is 0 Å². The van der Waals surface area contributed by atoms with E-state index in [1.54, 1.807) is 30.3 Å². The predicted octanol–water partition coefficient (Wildman–Crippen LogP) is 5.31. The summed E-state index contributed by atoms with van der Waals surface area (Å²) in [6.45, 7) is 1.93. The van der Waals surface area contributed by atoms with Gasteiger partial charge in [-0.1, -0.05) is 47.6 Å². The van der Waals surface area contributed by atoms with Crippen molar-refractivity contribution in [2.75, 3.05) is 11.7 Å². The van der Waals surface area contributed by atoms with Gasteiger partial charge in [0, 0.05) is 17.3 Å². The fourth-order valence-electron chi connectivity index (χ4n) is 4.30. The Labute approximate surface area is 199 Å². The molecule has 2 aliphatic heterocycles. The van der Waals surface area contributed by atoms with Crippen molar-refractivity contribution >= 4 is 17.3 Å². The molecule has 174 valence electrons. The van der Waals surface area contributed by atoms with Crippen LogP contribution in [-0.4, -0.2) is 23.0 Å². The Bertz CT molecular complexity index is 1450. The lowest BCUT2D eigenvalue weighted by atomic mass is 9.94. The molecule has 0 saturated carbocycles. The van der Waals surface area contributed by atoms with Crippen molar-refractivity contribution in [3.63, 3.8) is 0 Å². The molecule has 1 atom stereocenters. The number of ether oxygens (including phenoxy) is 2. The lowest BCUT2D eigenvalue weighted by Crippen LogP contribution is -2.46. The van der Waals surface area contributed by atoms with Crippen molar-refractivity contribution in [1.29, 1.82) is 0 Å². The molecule has 2 amide bonds. The number of fused-ring (bicyclic) bond motifs is 1. The molecule has 2 aliphatic rings. The molecule has 9 heteroatoms. The Hall–Kier alpha value is -4.66. The first-order chi connectivity index (χ1) is 17.1. The van der Waals surface area contributed by atoms with E-state index in [2.05, 4.69) is 15.5 Å². The van der Waals surface area contributed by atoms with E-state index in [9.17, 15) is 9.18 Å². The van der Waals surface area contributed by atoms with Gasteiger partial charge in [0.25, 0.3) is 5.89 Å². The fourth-order valence-corrected chi connectivity index (χ4v) is 4.30. The second-order valence-corrected chi connectivity index (χ2v) is 8.10. The van der Waals surface area contributed by atoms with E-state index >= 15 is 0 Å². The van der Waals surface area contributed by atoms with Crippen molar-refractivity contribution in [2.24, 2.45) is 0 Å². The minimum absolute atomic E-state index is 0.127. The number of carbonyl (C=O) groups is 1. The molecule has 0 radical (unpaired) electrons. The number of carbonyl (C=O) groups excluding carboxylic acids is 1. The van der Waals surface area contributed by atoms with Gasteiger partial charge in [0.2, 0.25) is 12.6 Å². The number of hydrogen-bond donors (Lipinski definition) is 1. The van der Waals surface area contributed by atoms with Crippen LogP contribution >= 0.6 is 0 Å². The maximum Gasteiger partial charge on any atom is 0.327 e. The lowest BCUT2D eigenvalue weighted by Gasteiger charge is -2.35. The molecular weight excluding hydrogens is 451 g/mol. The maximum absolute atomic E-state index is 13.6. The average molecular weight is 470 g/mol. The fraction of sp³-hybridized carbons (Fsp3) is 0.115. The minimum atomic E-state index is -0.627. The molecule has 3 aromatic carbocycles. The minimum Gasteiger partial charge on any atom is -0.454 e. The highest BCUT2D eigenvalue weighted by atomic mass is 19.1. The Balaban J connectivity index is 1.49. The number of anilines is 1. The zero-order valence-corrected chi connectivity index (χ0v) is 18.6. The Morgan fingerprint density at radius 3 is 2.57 bits per heavy atom. The summed E-state index contributed by atoms with van der Waals surface area (Å²) in [5.41, 5.74) is 3.25. The summed E-state index contributed by atoms with van der Waals surface area (Å²) >= 11 is 0. The number of amides is 2. The van der Waals surface area contributed by atoms with Gasteiger partial charge in [0.15, 0.2) is 11.5 Å². The van der Waals surface area contributed by atoms with Crippen LogP contribution in [0.1, 0.15) is 24.4 Å². The molecule has 0 saturated heterocycles. The molecule has 3 heterocycles. The van der Waals surface area contributed by atoms with Crippen LogP contribution in [0.5, 0.6) is 11.5 Å². The smallest absolute Gasteiger partial charge is 0.327 e.